The number of unbranched alkanes of at least 4 members (excludes halogenated alkanes) is 58. The van der Waals surface area contributed by atoms with Gasteiger partial charge in [-0.1, -0.05) is 708 Å². The SMILES string of the molecule is C.C.C.C.C.C.C.C.C.CCCCCCCCCC(C)C.CCCCCCCCCC(C)C.CCCCCCCCCCC(C)C.CCCCCCCCCCC(C)C.CCCCCCCCCCCC(C)C.CCCCCCCCCCCC(C)C.CCCCCCCCCCCC(C)C.CCCCCCCCCCCC(C)C.CCOC(=O)CCC(=O)OC.CCOC(=O)CCC(=O)OC.CCOC(=O)CCC(=O)OC. The number of rotatable bonds is 86. The highest BCUT2D eigenvalue weighted by Gasteiger charge is 2.10. The molecule has 0 aromatic heterocycles. The van der Waals surface area contributed by atoms with Gasteiger partial charge < -0.3 is 28.4 Å². The summed E-state index contributed by atoms with van der Waals surface area (Å²) in [4.78, 5) is 63.4. The molecule has 0 saturated heterocycles. The molecule has 0 rings (SSSR count). The molecule has 0 aromatic rings. The van der Waals surface area contributed by atoms with Gasteiger partial charge in [0.2, 0.25) is 0 Å². The van der Waals surface area contributed by atoms with Crippen LogP contribution in [0.25, 0.3) is 0 Å². The third kappa shape index (κ3) is 243. The average molecular weight is 2130 g/mol. The van der Waals surface area contributed by atoms with Gasteiger partial charge in [-0.15, -0.1) is 0 Å². The maximum absolute atomic E-state index is 10.6. The van der Waals surface area contributed by atoms with Crippen LogP contribution in [0.1, 0.15) is 767 Å². The van der Waals surface area contributed by atoms with Crippen molar-refractivity contribution in [3.05, 3.63) is 0 Å². The van der Waals surface area contributed by atoms with Crippen molar-refractivity contribution < 1.29 is 57.2 Å². The molecular weight excluding hydrogens is 1830 g/mol. The van der Waals surface area contributed by atoms with Gasteiger partial charge in [0.1, 0.15) is 0 Å². The zero-order chi connectivity index (χ0) is 107. The summed E-state index contributed by atoms with van der Waals surface area (Å²) in [5.41, 5.74) is 0. The van der Waals surface area contributed by atoms with E-state index in [2.05, 4.69) is 195 Å². The van der Waals surface area contributed by atoms with Crippen molar-refractivity contribution in [1.29, 1.82) is 0 Å². The number of esters is 6. The van der Waals surface area contributed by atoms with E-state index in [0.29, 0.717) is 19.8 Å². The van der Waals surface area contributed by atoms with Crippen LogP contribution >= 0.6 is 0 Å². The fraction of sp³-hybridized carbons (Fsp3) is 0.956. The maximum atomic E-state index is 10.6. The third-order valence-electron chi connectivity index (χ3n) is 24.8. The number of carbonyl (C=O) groups excluding carboxylic acids is 6. The average Bonchev–Trinajstić information content (AvgIpc) is 1.03. The number of methoxy groups -OCH3 is 3. The van der Waals surface area contributed by atoms with Crippen LogP contribution in [0, 0.1) is 47.3 Å². The summed E-state index contributed by atoms with van der Waals surface area (Å²) in [6, 6.07) is 0. The quantitative estimate of drug-likeness (QED) is 0.0323. The van der Waals surface area contributed by atoms with Gasteiger partial charge in [-0.2, -0.15) is 0 Å². The predicted molar refractivity (Wildman–Crippen MR) is 680 cm³/mol. The first kappa shape index (κ1) is 192. The summed E-state index contributed by atoms with van der Waals surface area (Å²) in [5.74, 6) is 4.96. The van der Waals surface area contributed by atoms with E-state index in [0.717, 1.165) is 47.3 Å². The van der Waals surface area contributed by atoms with Crippen molar-refractivity contribution in [2.45, 2.75) is 767 Å². The van der Waals surface area contributed by atoms with E-state index < -0.39 is 17.9 Å². The zero-order valence-corrected chi connectivity index (χ0v) is 101. The lowest BCUT2D eigenvalue weighted by Gasteiger charge is -2.04. The fourth-order valence-corrected chi connectivity index (χ4v) is 15.5. The van der Waals surface area contributed by atoms with Crippen molar-refractivity contribution in [2.75, 3.05) is 41.2 Å². The highest BCUT2D eigenvalue weighted by Crippen LogP contribution is 2.21. The molecule has 0 aliphatic rings. The first-order chi connectivity index (χ1) is 66.8. The highest BCUT2D eigenvalue weighted by molar-refractivity contribution is 5.78. The summed E-state index contributed by atoms with van der Waals surface area (Å²) >= 11 is 0. The van der Waals surface area contributed by atoms with E-state index in [1.54, 1.807) is 20.8 Å². The summed E-state index contributed by atoms with van der Waals surface area (Å²) in [5, 5.41) is 0. The fourth-order valence-electron chi connectivity index (χ4n) is 15.5. The summed E-state index contributed by atoms with van der Waals surface area (Å²) < 4.78 is 26.8. The number of hydrogen-bond donors (Lipinski definition) is 0. The third-order valence-corrected chi connectivity index (χ3v) is 24.8. The summed E-state index contributed by atoms with van der Waals surface area (Å²) in [6.07, 6.45) is 108. The Hall–Kier alpha value is -3.18. The molecule has 0 aliphatic heterocycles. The standard InChI is InChI=1S/4C14H30.2C13H28.2C12H26.3C7H12O4.9CH4/c4*1-4-5-6-7-8-9-10-11-12-13-14(2)3;2*1-4-5-6-7-8-9-10-11-12-13(2)3;2*1-4-5-6-7-8-9-10-11-12(2)3;3*1-3-11-7(9)5-4-6(8)10-2;;;;;;;;;/h4*14H,4-13H2,1-3H3;2*13H,4-12H2,1-3H3;2*12H,4-11H2,1-3H3;3*3-5H2,1-2H3;9*1H4. The van der Waals surface area contributed by atoms with Gasteiger partial charge >= 0.3 is 35.8 Å². The van der Waals surface area contributed by atoms with Crippen LogP contribution in [0.15, 0.2) is 0 Å². The molecule has 0 amide bonds. The minimum Gasteiger partial charge on any atom is -0.469 e. The molecule has 148 heavy (non-hydrogen) atoms. The lowest BCUT2D eigenvalue weighted by Crippen LogP contribution is -2.08. The van der Waals surface area contributed by atoms with Crippen molar-refractivity contribution in [1.82, 2.24) is 0 Å². The largest absolute Gasteiger partial charge is 0.469 e. The molecule has 0 bridgehead atoms. The second-order valence-corrected chi connectivity index (χ2v) is 43.6. The Bertz CT molecular complexity index is 1940. The zero-order valence-electron chi connectivity index (χ0n) is 101. The molecule has 12 nitrogen and oxygen atoms in total. The number of hydrogen-bond acceptors (Lipinski definition) is 12. The molecule has 0 radical (unpaired) electrons. The minimum absolute atomic E-state index is 0. The summed E-state index contributed by atoms with van der Waals surface area (Å²) in [6.45, 7) is 61.6. The first-order valence-electron chi connectivity index (χ1n) is 61.4. The monoisotopic (exact) mass is 2130 g/mol. The van der Waals surface area contributed by atoms with Crippen LogP contribution < -0.4 is 0 Å². The Morgan fingerprint density at radius 3 is 0.291 bits per heavy atom. The molecule has 12 heteroatoms. The Balaban J connectivity index is -0.0000000673. The lowest BCUT2D eigenvalue weighted by atomic mass is 10.0. The molecule has 0 heterocycles. The van der Waals surface area contributed by atoms with Gasteiger partial charge in [0.25, 0.3) is 0 Å². The molecule has 0 aliphatic carbocycles. The second kappa shape index (κ2) is 180. The van der Waals surface area contributed by atoms with Crippen LogP contribution in [0.4, 0.5) is 0 Å². The summed E-state index contributed by atoms with van der Waals surface area (Å²) in [7, 11) is 3.86. The van der Waals surface area contributed by atoms with Gasteiger partial charge in [-0.3, -0.25) is 28.8 Å². The Kier molecular flexibility index (Phi) is 233. The van der Waals surface area contributed by atoms with Gasteiger partial charge in [0, 0.05) is 0 Å². The molecule has 0 aromatic carbocycles. The Morgan fingerprint density at radius 2 is 0.216 bits per heavy atom. The lowest BCUT2D eigenvalue weighted by molar-refractivity contribution is -0.148. The van der Waals surface area contributed by atoms with E-state index in [1.165, 1.54) is 496 Å². The normalized spacial score (nSPS) is 9.93. The molecule has 0 unspecified atom stereocenters. The predicted octanol–water partition coefficient (Wildman–Crippen LogP) is 49.4. The van der Waals surface area contributed by atoms with Crippen molar-refractivity contribution in [3.8, 4) is 0 Å². The smallest absolute Gasteiger partial charge is 0.306 e. The number of ether oxygens (including phenoxy) is 6. The molecule has 0 saturated carbocycles. The van der Waals surface area contributed by atoms with E-state index in [1.807, 2.05) is 0 Å². The molecular formula is C136H300O12. The molecule has 0 fully saturated rings. The van der Waals surface area contributed by atoms with E-state index in [9.17, 15) is 28.8 Å². The van der Waals surface area contributed by atoms with Gasteiger partial charge in [0.05, 0.1) is 79.7 Å². The van der Waals surface area contributed by atoms with Crippen molar-refractivity contribution in [3.63, 3.8) is 0 Å². The van der Waals surface area contributed by atoms with Crippen LogP contribution in [-0.4, -0.2) is 77.0 Å². The van der Waals surface area contributed by atoms with Crippen LogP contribution in [0.5, 0.6) is 0 Å². The van der Waals surface area contributed by atoms with Crippen LogP contribution in [-0.2, 0) is 57.2 Å². The van der Waals surface area contributed by atoms with E-state index in [4.69, 9.17) is 0 Å². The Labute approximate surface area is 943 Å². The maximum Gasteiger partial charge on any atom is 0.306 e. The van der Waals surface area contributed by atoms with Crippen LogP contribution in [0.3, 0.4) is 0 Å². The molecule has 0 N–H and O–H groups in total. The molecule has 0 atom stereocenters. The number of carbonyl (C=O) groups is 6. The van der Waals surface area contributed by atoms with E-state index >= 15 is 0 Å². The van der Waals surface area contributed by atoms with Crippen molar-refractivity contribution in [2.24, 2.45) is 47.3 Å². The van der Waals surface area contributed by atoms with Gasteiger partial charge in [-0.05, 0) is 68.1 Å². The van der Waals surface area contributed by atoms with Gasteiger partial charge in [-0.25, -0.2) is 0 Å². The minimum atomic E-state index is -0.391. The van der Waals surface area contributed by atoms with E-state index in [-0.39, 0.29) is 123 Å². The topological polar surface area (TPSA) is 158 Å². The first-order valence-corrected chi connectivity index (χ1v) is 61.4. The molecule has 0 spiro atoms. The highest BCUT2D eigenvalue weighted by atomic mass is 16.5. The van der Waals surface area contributed by atoms with Crippen LogP contribution in [0.2, 0.25) is 0 Å². The second-order valence-electron chi connectivity index (χ2n) is 43.6. The Morgan fingerprint density at radius 1 is 0.135 bits per heavy atom. The molecule has 916 valence electrons. The van der Waals surface area contributed by atoms with Crippen molar-refractivity contribution >= 4 is 35.8 Å². The van der Waals surface area contributed by atoms with Gasteiger partial charge in [0.15, 0.2) is 0 Å².